The van der Waals surface area contributed by atoms with Crippen molar-refractivity contribution in [1.82, 2.24) is 10.2 Å². The molecule has 0 aromatic carbocycles. The van der Waals surface area contributed by atoms with Crippen molar-refractivity contribution in [3.05, 3.63) is 0 Å². The number of nitrogens with zero attached hydrogens (tertiary/aromatic N) is 1. The predicted octanol–water partition coefficient (Wildman–Crippen LogP) is 0.514. The van der Waals surface area contributed by atoms with Crippen LogP contribution >= 0.6 is 0 Å². The SMILES string of the molecule is C#CCCNC(=O)N1CCC(C(=O)O)C1C. The molecule has 2 N–H and O–H groups in total. The number of hydrogen-bond acceptors (Lipinski definition) is 2. The van der Waals surface area contributed by atoms with Crippen molar-refractivity contribution in [1.29, 1.82) is 0 Å². The average molecular weight is 224 g/mol. The summed E-state index contributed by atoms with van der Waals surface area (Å²) in [5.74, 6) is 1.12. The summed E-state index contributed by atoms with van der Waals surface area (Å²) >= 11 is 0. The van der Waals surface area contributed by atoms with Gasteiger partial charge in [0, 0.05) is 25.6 Å². The Labute approximate surface area is 94.8 Å². The fourth-order valence-electron chi connectivity index (χ4n) is 1.90. The Bertz CT molecular complexity index is 322. The molecule has 1 aliphatic rings. The number of carboxylic acids is 1. The fourth-order valence-corrected chi connectivity index (χ4v) is 1.90. The maximum Gasteiger partial charge on any atom is 0.317 e. The van der Waals surface area contributed by atoms with Crippen LogP contribution in [0.1, 0.15) is 19.8 Å². The lowest BCUT2D eigenvalue weighted by molar-refractivity contribution is -0.142. The van der Waals surface area contributed by atoms with Gasteiger partial charge < -0.3 is 15.3 Å². The van der Waals surface area contributed by atoms with Crippen molar-refractivity contribution >= 4 is 12.0 Å². The molecule has 88 valence electrons. The zero-order valence-electron chi connectivity index (χ0n) is 9.27. The topological polar surface area (TPSA) is 69.6 Å². The second-order valence-electron chi connectivity index (χ2n) is 3.85. The summed E-state index contributed by atoms with van der Waals surface area (Å²) in [6.45, 7) is 2.67. The first-order valence-electron chi connectivity index (χ1n) is 5.28. The minimum Gasteiger partial charge on any atom is -0.481 e. The van der Waals surface area contributed by atoms with E-state index in [2.05, 4.69) is 11.2 Å². The van der Waals surface area contributed by atoms with Gasteiger partial charge in [0.05, 0.1) is 5.92 Å². The molecule has 0 aliphatic carbocycles. The molecule has 0 spiro atoms. The minimum atomic E-state index is -0.841. The number of likely N-dealkylation sites (tertiary alicyclic amines) is 1. The Balaban J connectivity index is 2.47. The summed E-state index contributed by atoms with van der Waals surface area (Å²) in [5, 5.41) is 11.6. The third kappa shape index (κ3) is 2.66. The number of terminal acetylenes is 1. The second kappa shape index (κ2) is 5.40. The van der Waals surface area contributed by atoms with E-state index in [1.54, 1.807) is 11.8 Å². The summed E-state index contributed by atoms with van der Waals surface area (Å²) in [4.78, 5) is 24.1. The Morgan fingerprint density at radius 2 is 2.31 bits per heavy atom. The number of rotatable bonds is 3. The van der Waals surface area contributed by atoms with Gasteiger partial charge in [-0.2, -0.15) is 0 Å². The van der Waals surface area contributed by atoms with Crippen molar-refractivity contribution in [3.8, 4) is 12.3 Å². The quantitative estimate of drug-likeness (QED) is 0.542. The lowest BCUT2D eigenvalue weighted by Crippen LogP contribution is -2.44. The molecule has 2 atom stereocenters. The van der Waals surface area contributed by atoms with Crippen LogP contribution in [0.5, 0.6) is 0 Å². The summed E-state index contributed by atoms with van der Waals surface area (Å²) in [6.07, 6.45) is 6.06. The van der Waals surface area contributed by atoms with Crippen LogP contribution in [0.3, 0.4) is 0 Å². The molecule has 1 heterocycles. The van der Waals surface area contributed by atoms with Gasteiger partial charge in [-0.25, -0.2) is 4.79 Å². The highest BCUT2D eigenvalue weighted by Gasteiger charge is 2.37. The number of hydrogen-bond donors (Lipinski definition) is 2. The van der Waals surface area contributed by atoms with Crippen LogP contribution in [0.25, 0.3) is 0 Å². The molecule has 0 radical (unpaired) electrons. The van der Waals surface area contributed by atoms with E-state index in [9.17, 15) is 9.59 Å². The molecule has 1 fully saturated rings. The molecule has 0 aromatic heterocycles. The van der Waals surface area contributed by atoms with Gasteiger partial charge in [0.2, 0.25) is 0 Å². The molecule has 5 nitrogen and oxygen atoms in total. The summed E-state index contributed by atoms with van der Waals surface area (Å²) in [6, 6.07) is -0.491. The first-order chi connectivity index (χ1) is 7.57. The third-order valence-corrected chi connectivity index (χ3v) is 2.88. The Morgan fingerprint density at radius 3 is 2.81 bits per heavy atom. The highest BCUT2D eigenvalue weighted by Crippen LogP contribution is 2.23. The van der Waals surface area contributed by atoms with E-state index in [1.165, 1.54) is 0 Å². The highest BCUT2D eigenvalue weighted by atomic mass is 16.4. The zero-order chi connectivity index (χ0) is 12.1. The van der Waals surface area contributed by atoms with Crippen LogP contribution in [-0.2, 0) is 4.79 Å². The fraction of sp³-hybridized carbons (Fsp3) is 0.636. The van der Waals surface area contributed by atoms with Crippen LogP contribution < -0.4 is 5.32 Å². The lowest BCUT2D eigenvalue weighted by atomic mass is 10.0. The molecule has 0 bridgehead atoms. The van der Waals surface area contributed by atoms with E-state index >= 15 is 0 Å². The van der Waals surface area contributed by atoms with E-state index in [-0.39, 0.29) is 12.1 Å². The summed E-state index contributed by atoms with van der Waals surface area (Å²) < 4.78 is 0. The average Bonchev–Trinajstić information content (AvgIpc) is 2.60. The van der Waals surface area contributed by atoms with Crippen molar-refractivity contribution in [2.75, 3.05) is 13.1 Å². The molecule has 16 heavy (non-hydrogen) atoms. The Kier molecular flexibility index (Phi) is 4.18. The highest BCUT2D eigenvalue weighted by molar-refractivity contribution is 5.78. The van der Waals surface area contributed by atoms with Crippen LogP contribution in [0.4, 0.5) is 4.79 Å². The van der Waals surface area contributed by atoms with E-state index in [0.29, 0.717) is 25.9 Å². The molecule has 0 aromatic rings. The van der Waals surface area contributed by atoms with Gasteiger partial charge >= 0.3 is 12.0 Å². The predicted molar refractivity (Wildman–Crippen MR) is 58.8 cm³/mol. The number of urea groups is 1. The van der Waals surface area contributed by atoms with E-state index in [0.717, 1.165) is 0 Å². The number of amides is 2. The molecular formula is C11H16N2O3. The molecule has 1 saturated heterocycles. The summed E-state index contributed by atoms with van der Waals surface area (Å²) in [7, 11) is 0. The van der Waals surface area contributed by atoms with Crippen molar-refractivity contribution in [2.24, 2.45) is 5.92 Å². The van der Waals surface area contributed by atoms with Crippen LogP contribution in [0.2, 0.25) is 0 Å². The number of aliphatic carboxylic acids is 1. The maximum atomic E-state index is 11.7. The monoisotopic (exact) mass is 224 g/mol. The number of carbonyl (C=O) groups excluding carboxylic acids is 1. The van der Waals surface area contributed by atoms with Crippen LogP contribution in [-0.4, -0.2) is 41.1 Å². The van der Waals surface area contributed by atoms with E-state index in [4.69, 9.17) is 11.5 Å². The van der Waals surface area contributed by atoms with E-state index in [1.807, 2.05) is 0 Å². The van der Waals surface area contributed by atoms with Gasteiger partial charge in [0.1, 0.15) is 0 Å². The molecule has 5 heteroatoms. The first kappa shape index (κ1) is 12.4. The normalized spacial score (nSPS) is 23.9. The second-order valence-corrected chi connectivity index (χ2v) is 3.85. The summed E-state index contributed by atoms with van der Waals surface area (Å²) in [5.41, 5.74) is 0. The smallest absolute Gasteiger partial charge is 0.317 e. The third-order valence-electron chi connectivity index (χ3n) is 2.88. The van der Waals surface area contributed by atoms with Gasteiger partial charge in [-0.3, -0.25) is 4.79 Å². The largest absolute Gasteiger partial charge is 0.481 e. The van der Waals surface area contributed by atoms with Crippen molar-refractivity contribution in [3.63, 3.8) is 0 Å². The van der Waals surface area contributed by atoms with Crippen molar-refractivity contribution < 1.29 is 14.7 Å². The lowest BCUT2D eigenvalue weighted by Gasteiger charge is -2.23. The molecule has 2 amide bonds. The van der Waals surface area contributed by atoms with Gasteiger partial charge in [-0.1, -0.05) is 0 Å². The van der Waals surface area contributed by atoms with E-state index < -0.39 is 11.9 Å². The Hall–Kier alpha value is -1.70. The van der Waals surface area contributed by atoms with Gasteiger partial charge in [0.25, 0.3) is 0 Å². The number of carboxylic acid groups (broad SMARTS) is 1. The first-order valence-corrected chi connectivity index (χ1v) is 5.28. The van der Waals surface area contributed by atoms with Crippen LogP contribution in [0.15, 0.2) is 0 Å². The number of nitrogens with one attached hydrogen (secondary N) is 1. The molecular weight excluding hydrogens is 208 g/mol. The maximum absolute atomic E-state index is 11.7. The van der Waals surface area contributed by atoms with Gasteiger partial charge in [0.15, 0.2) is 0 Å². The van der Waals surface area contributed by atoms with Gasteiger partial charge in [-0.05, 0) is 13.3 Å². The minimum absolute atomic E-state index is 0.230. The zero-order valence-corrected chi connectivity index (χ0v) is 9.27. The Morgan fingerprint density at radius 1 is 1.62 bits per heavy atom. The van der Waals surface area contributed by atoms with Crippen LogP contribution in [0, 0.1) is 18.3 Å². The number of carbonyl (C=O) groups is 2. The van der Waals surface area contributed by atoms with Crippen molar-refractivity contribution in [2.45, 2.75) is 25.8 Å². The molecule has 2 unspecified atom stereocenters. The standard InChI is InChI=1S/C11H16N2O3/c1-3-4-6-12-11(16)13-7-5-9(8(13)2)10(14)15/h1,8-9H,4-7H2,2H3,(H,12,16)(H,14,15). The molecule has 1 aliphatic heterocycles. The molecule has 0 saturated carbocycles. The molecule has 1 rings (SSSR count). The van der Waals surface area contributed by atoms with Gasteiger partial charge in [-0.15, -0.1) is 12.3 Å².